The van der Waals surface area contributed by atoms with Crippen LogP contribution in [0.5, 0.6) is 0 Å². The molecule has 1 aliphatic carbocycles. The lowest BCUT2D eigenvalue weighted by atomic mass is 9.55. The second-order valence-electron chi connectivity index (χ2n) is 6.79. The van der Waals surface area contributed by atoms with Crippen molar-refractivity contribution in [3.8, 4) is 6.07 Å². The van der Waals surface area contributed by atoms with Crippen molar-refractivity contribution in [1.29, 1.82) is 5.26 Å². The minimum atomic E-state index is -0.835. The molecule has 1 fully saturated rings. The van der Waals surface area contributed by atoms with Gasteiger partial charge in [0.05, 0.1) is 17.1 Å². The summed E-state index contributed by atoms with van der Waals surface area (Å²) in [4.78, 5) is 0. The zero-order valence-electron chi connectivity index (χ0n) is 12.0. The fourth-order valence-electron chi connectivity index (χ4n) is 3.29. The van der Waals surface area contributed by atoms with Gasteiger partial charge < -0.3 is 5.11 Å². The molecule has 0 heterocycles. The van der Waals surface area contributed by atoms with Gasteiger partial charge in [0.2, 0.25) is 0 Å². The van der Waals surface area contributed by atoms with Crippen molar-refractivity contribution in [2.45, 2.75) is 72.3 Å². The lowest BCUT2D eigenvalue weighted by Crippen LogP contribution is -2.53. The highest BCUT2D eigenvalue weighted by molar-refractivity contribution is 5.14. The topological polar surface area (TPSA) is 44.0 Å². The van der Waals surface area contributed by atoms with E-state index in [0.717, 1.165) is 25.7 Å². The summed E-state index contributed by atoms with van der Waals surface area (Å²) in [6, 6.07) is 2.48. The van der Waals surface area contributed by atoms with Crippen molar-refractivity contribution in [3.05, 3.63) is 0 Å². The van der Waals surface area contributed by atoms with Crippen molar-refractivity contribution in [3.63, 3.8) is 0 Å². The number of rotatable bonds is 3. The Balaban J connectivity index is 3.03. The highest BCUT2D eigenvalue weighted by Gasteiger charge is 2.53. The van der Waals surface area contributed by atoms with E-state index in [4.69, 9.17) is 0 Å². The predicted octanol–water partition coefficient (Wildman–Crippen LogP) is 3.89. The van der Waals surface area contributed by atoms with Crippen LogP contribution < -0.4 is 0 Å². The molecule has 1 unspecified atom stereocenters. The summed E-state index contributed by atoms with van der Waals surface area (Å²) >= 11 is 0. The van der Waals surface area contributed by atoms with E-state index in [1.165, 1.54) is 0 Å². The first-order valence-electron chi connectivity index (χ1n) is 6.87. The van der Waals surface area contributed by atoms with Crippen LogP contribution in [0.4, 0.5) is 0 Å². The van der Waals surface area contributed by atoms with Crippen LogP contribution in [0.2, 0.25) is 0 Å². The Morgan fingerprint density at radius 2 is 1.71 bits per heavy atom. The first-order chi connectivity index (χ1) is 7.73. The first kappa shape index (κ1) is 14.5. The molecule has 0 saturated heterocycles. The van der Waals surface area contributed by atoms with Crippen molar-refractivity contribution < 1.29 is 5.11 Å². The van der Waals surface area contributed by atoms with E-state index in [0.29, 0.717) is 11.8 Å². The summed E-state index contributed by atoms with van der Waals surface area (Å²) in [6.07, 6.45) is 4.40. The molecule has 0 aromatic carbocycles. The van der Waals surface area contributed by atoms with E-state index in [1.54, 1.807) is 0 Å². The largest absolute Gasteiger partial charge is 0.388 e. The van der Waals surface area contributed by atoms with Crippen LogP contribution in [0.3, 0.4) is 0 Å². The average molecular weight is 237 g/mol. The van der Waals surface area contributed by atoms with Gasteiger partial charge in [0, 0.05) is 0 Å². The van der Waals surface area contributed by atoms with E-state index >= 15 is 0 Å². The summed E-state index contributed by atoms with van der Waals surface area (Å²) in [5.74, 6) is 0.133. The summed E-state index contributed by atoms with van der Waals surface area (Å²) in [7, 11) is 0. The molecule has 0 amide bonds. The molecule has 1 atom stereocenters. The minimum Gasteiger partial charge on any atom is -0.388 e. The zero-order chi connectivity index (χ0) is 13.3. The molecule has 98 valence electrons. The highest BCUT2D eigenvalue weighted by atomic mass is 16.3. The number of aliphatic hydroxyl groups is 1. The number of nitrogens with zero attached hydrogens (tertiary/aromatic N) is 1. The molecule has 0 aliphatic heterocycles. The maximum atomic E-state index is 10.9. The lowest BCUT2D eigenvalue weighted by Gasteiger charge is -2.50. The van der Waals surface area contributed by atoms with E-state index in [9.17, 15) is 10.4 Å². The Bertz CT molecular complexity index is 303. The van der Waals surface area contributed by atoms with Crippen LogP contribution in [0.25, 0.3) is 0 Å². The summed E-state index contributed by atoms with van der Waals surface area (Å²) in [5, 5.41) is 20.5. The van der Waals surface area contributed by atoms with E-state index in [2.05, 4.69) is 19.9 Å². The van der Waals surface area contributed by atoms with Crippen LogP contribution in [0, 0.1) is 28.1 Å². The lowest BCUT2D eigenvalue weighted by molar-refractivity contribution is -0.119. The maximum Gasteiger partial charge on any atom is 0.0863 e. The van der Waals surface area contributed by atoms with Crippen molar-refractivity contribution in [2.75, 3.05) is 0 Å². The van der Waals surface area contributed by atoms with Gasteiger partial charge in [0.25, 0.3) is 0 Å². The number of hydrogen-bond acceptors (Lipinski definition) is 2. The third-order valence-electron chi connectivity index (χ3n) is 4.99. The minimum absolute atomic E-state index is 0.133. The van der Waals surface area contributed by atoms with Gasteiger partial charge in [0.15, 0.2) is 0 Å². The smallest absolute Gasteiger partial charge is 0.0863 e. The second-order valence-corrected chi connectivity index (χ2v) is 6.79. The first-order valence-corrected chi connectivity index (χ1v) is 6.87. The average Bonchev–Trinajstić information content (AvgIpc) is 2.28. The Morgan fingerprint density at radius 3 is 2.00 bits per heavy atom. The Hall–Kier alpha value is -0.550. The third-order valence-corrected chi connectivity index (χ3v) is 4.99. The van der Waals surface area contributed by atoms with Crippen molar-refractivity contribution in [2.24, 2.45) is 16.7 Å². The molecule has 0 aromatic heterocycles. The van der Waals surface area contributed by atoms with Gasteiger partial charge in [0.1, 0.15) is 0 Å². The standard InChI is InChI=1S/C15H27NO/c1-6-15(17,12(2)3)14(11-16)9-7-13(4,5)8-10-14/h12,17H,6-10H2,1-5H3. The summed E-state index contributed by atoms with van der Waals surface area (Å²) < 4.78 is 0. The predicted molar refractivity (Wildman–Crippen MR) is 70.4 cm³/mol. The van der Waals surface area contributed by atoms with Gasteiger partial charge in [-0.25, -0.2) is 0 Å². The van der Waals surface area contributed by atoms with Gasteiger partial charge in [-0.2, -0.15) is 5.26 Å². The fraction of sp³-hybridized carbons (Fsp3) is 0.933. The molecule has 0 spiro atoms. The molecule has 1 N–H and O–H groups in total. The summed E-state index contributed by atoms with van der Waals surface area (Å²) in [5.41, 5.74) is -1.05. The van der Waals surface area contributed by atoms with Crippen LogP contribution in [0.1, 0.15) is 66.7 Å². The van der Waals surface area contributed by atoms with Crippen LogP contribution in [0.15, 0.2) is 0 Å². The zero-order valence-corrected chi connectivity index (χ0v) is 12.0. The summed E-state index contributed by atoms with van der Waals surface area (Å²) in [6.45, 7) is 10.6. The van der Waals surface area contributed by atoms with Crippen molar-refractivity contribution in [1.82, 2.24) is 0 Å². The Kier molecular flexibility index (Phi) is 3.94. The molecular formula is C15H27NO. The van der Waals surface area contributed by atoms with Gasteiger partial charge in [-0.1, -0.05) is 34.6 Å². The Labute approximate surface area is 106 Å². The van der Waals surface area contributed by atoms with Crippen LogP contribution in [-0.4, -0.2) is 10.7 Å². The normalized spacial score (nSPS) is 26.2. The molecule has 0 bridgehead atoms. The molecule has 1 rings (SSSR count). The molecule has 2 nitrogen and oxygen atoms in total. The molecule has 1 saturated carbocycles. The van der Waals surface area contributed by atoms with E-state index in [-0.39, 0.29) is 5.92 Å². The highest BCUT2D eigenvalue weighted by Crippen LogP contribution is 2.53. The SMILES string of the molecule is CCC(O)(C(C)C)C1(C#N)CCC(C)(C)CC1. The molecule has 2 heteroatoms. The fourth-order valence-corrected chi connectivity index (χ4v) is 3.29. The Morgan fingerprint density at radius 1 is 1.24 bits per heavy atom. The van der Waals surface area contributed by atoms with Gasteiger partial charge >= 0.3 is 0 Å². The monoisotopic (exact) mass is 237 g/mol. The molecule has 1 aliphatic rings. The quantitative estimate of drug-likeness (QED) is 0.809. The number of nitriles is 1. The molecular weight excluding hydrogens is 210 g/mol. The van der Waals surface area contributed by atoms with Crippen molar-refractivity contribution >= 4 is 0 Å². The van der Waals surface area contributed by atoms with E-state index < -0.39 is 11.0 Å². The van der Waals surface area contributed by atoms with Gasteiger partial charge in [-0.05, 0) is 43.4 Å². The van der Waals surface area contributed by atoms with Gasteiger partial charge in [-0.15, -0.1) is 0 Å². The van der Waals surface area contributed by atoms with Gasteiger partial charge in [-0.3, -0.25) is 0 Å². The molecule has 0 aromatic rings. The van der Waals surface area contributed by atoms with E-state index in [1.807, 2.05) is 20.8 Å². The second kappa shape index (κ2) is 4.61. The molecule has 17 heavy (non-hydrogen) atoms. The van der Waals surface area contributed by atoms with Crippen LogP contribution in [-0.2, 0) is 0 Å². The molecule has 0 radical (unpaired) electrons. The maximum absolute atomic E-state index is 10.9. The van der Waals surface area contributed by atoms with Crippen LogP contribution >= 0.6 is 0 Å². The third kappa shape index (κ3) is 2.36. The number of hydrogen-bond donors (Lipinski definition) is 1.